The highest BCUT2D eigenvalue weighted by atomic mass is 32.2. The van der Waals surface area contributed by atoms with Crippen molar-refractivity contribution >= 4 is 47.0 Å². The average molecular weight is 236 g/mol. The van der Waals surface area contributed by atoms with Crippen LogP contribution in [0.2, 0.25) is 0 Å². The predicted molar refractivity (Wildman–Crippen MR) is 68.1 cm³/mol. The van der Waals surface area contributed by atoms with Gasteiger partial charge in [0, 0.05) is 23.0 Å². The molecular weight excluding hydrogens is 224 g/mol. The summed E-state index contributed by atoms with van der Waals surface area (Å²) in [5, 5.41) is 8.59. The van der Waals surface area contributed by atoms with Crippen LogP contribution in [0.25, 0.3) is 0 Å². The van der Waals surface area contributed by atoms with E-state index in [1.807, 2.05) is 47.0 Å². The van der Waals surface area contributed by atoms with Gasteiger partial charge in [-0.15, -0.1) is 47.0 Å². The Hall–Kier alpha value is 0.880. The highest BCUT2D eigenvalue weighted by Gasteiger charge is 1.88. The molecule has 0 amide bonds. The van der Waals surface area contributed by atoms with Crippen molar-refractivity contribution in [2.75, 3.05) is 23.0 Å². The van der Waals surface area contributed by atoms with Crippen molar-refractivity contribution in [3.63, 3.8) is 0 Å². The van der Waals surface area contributed by atoms with Gasteiger partial charge in [0.25, 0.3) is 0 Å². The van der Waals surface area contributed by atoms with Crippen LogP contribution in [0.15, 0.2) is 21.6 Å². The average Bonchev–Trinajstić information content (AvgIpc) is 2.24. The van der Waals surface area contributed by atoms with Crippen LogP contribution in [0.4, 0.5) is 0 Å². The first-order chi connectivity index (χ1) is 6.00. The van der Waals surface area contributed by atoms with Gasteiger partial charge in [0.2, 0.25) is 0 Å². The van der Waals surface area contributed by atoms with Gasteiger partial charge in [-0.3, -0.25) is 0 Å². The summed E-state index contributed by atoms with van der Waals surface area (Å²) < 4.78 is 0. The lowest BCUT2D eigenvalue weighted by Gasteiger charge is -1.97. The Morgan fingerprint density at radius 3 is 0.833 bits per heavy atom. The smallest absolute Gasteiger partial charge is 0.00685 e. The van der Waals surface area contributed by atoms with Crippen molar-refractivity contribution in [1.29, 1.82) is 0 Å². The van der Waals surface area contributed by atoms with E-state index in [4.69, 9.17) is 0 Å². The van der Waals surface area contributed by atoms with Crippen molar-refractivity contribution in [2.45, 2.75) is 0 Å². The Balaban J connectivity index is 0.000000120. The maximum atomic E-state index is 2.15. The molecule has 12 heavy (non-hydrogen) atoms. The molecular formula is C8H12S4. The van der Waals surface area contributed by atoms with E-state index in [0.29, 0.717) is 0 Å². The molecule has 0 aromatic heterocycles. The van der Waals surface area contributed by atoms with E-state index < -0.39 is 0 Å². The zero-order valence-corrected chi connectivity index (χ0v) is 10.0. The molecule has 0 unspecified atom stereocenters. The molecule has 0 atom stereocenters. The summed E-state index contributed by atoms with van der Waals surface area (Å²) in [7, 11) is 0. The Morgan fingerprint density at radius 1 is 0.500 bits per heavy atom. The van der Waals surface area contributed by atoms with Gasteiger partial charge in [-0.25, -0.2) is 0 Å². The van der Waals surface area contributed by atoms with Crippen LogP contribution in [0.1, 0.15) is 0 Å². The summed E-state index contributed by atoms with van der Waals surface area (Å²) in [6.07, 6.45) is 0. The summed E-state index contributed by atoms with van der Waals surface area (Å²) in [6.45, 7) is 0. The fraction of sp³-hybridized carbons (Fsp3) is 0.500. The second-order valence-corrected chi connectivity index (χ2v) is 6.08. The zero-order chi connectivity index (χ0) is 8.49. The van der Waals surface area contributed by atoms with E-state index in [0.717, 1.165) is 0 Å². The first-order valence-electron chi connectivity index (χ1n) is 3.76. The zero-order valence-electron chi connectivity index (χ0n) is 6.77. The van der Waals surface area contributed by atoms with Gasteiger partial charge in [0.05, 0.1) is 0 Å². The van der Waals surface area contributed by atoms with Crippen molar-refractivity contribution < 1.29 is 0 Å². The van der Waals surface area contributed by atoms with E-state index in [2.05, 4.69) is 21.6 Å². The van der Waals surface area contributed by atoms with Gasteiger partial charge in [0.15, 0.2) is 0 Å². The molecule has 0 fully saturated rings. The van der Waals surface area contributed by atoms with Crippen molar-refractivity contribution in [3.8, 4) is 0 Å². The van der Waals surface area contributed by atoms with E-state index >= 15 is 0 Å². The largest absolute Gasteiger partial charge is 0.133 e. The lowest BCUT2D eigenvalue weighted by atomic mass is 11.0. The minimum atomic E-state index is 1.29. The molecule has 0 nitrogen and oxygen atoms in total. The van der Waals surface area contributed by atoms with E-state index in [-0.39, 0.29) is 0 Å². The minimum absolute atomic E-state index is 1.29. The highest BCUT2D eigenvalue weighted by molar-refractivity contribution is 8.09. The normalized spacial score (nSPS) is 21.3. The Bertz CT molecular complexity index is 119. The van der Waals surface area contributed by atoms with Crippen molar-refractivity contribution in [1.82, 2.24) is 0 Å². The number of hydrogen-bond donors (Lipinski definition) is 0. The van der Waals surface area contributed by atoms with Crippen LogP contribution in [0, 0.1) is 0 Å². The fourth-order valence-corrected chi connectivity index (χ4v) is 3.96. The van der Waals surface area contributed by atoms with Gasteiger partial charge in [-0.05, 0) is 21.6 Å². The van der Waals surface area contributed by atoms with Crippen LogP contribution >= 0.6 is 47.0 Å². The molecule has 0 aliphatic carbocycles. The number of thioether (sulfide) groups is 4. The number of rotatable bonds is 0. The number of hydrogen-bond acceptors (Lipinski definition) is 4. The third-order valence-electron chi connectivity index (χ3n) is 1.13. The Kier molecular flexibility index (Phi) is 7.74. The molecule has 0 saturated heterocycles. The molecule has 2 aliphatic rings. The third kappa shape index (κ3) is 6.40. The van der Waals surface area contributed by atoms with Crippen molar-refractivity contribution in [3.05, 3.63) is 21.6 Å². The van der Waals surface area contributed by atoms with Crippen LogP contribution < -0.4 is 0 Å². The quantitative estimate of drug-likeness (QED) is 0.626. The first kappa shape index (κ1) is 11.0. The molecule has 0 aromatic carbocycles. The molecule has 2 heterocycles. The predicted octanol–water partition coefficient (Wildman–Crippen LogP) is 3.88. The molecule has 0 radical (unpaired) electrons. The van der Waals surface area contributed by atoms with Crippen LogP contribution in [0.3, 0.4) is 0 Å². The summed E-state index contributed by atoms with van der Waals surface area (Å²) >= 11 is 7.57. The summed E-state index contributed by atoms with van der Waals surface area (Å²) in [6, 6.07) is 0. The van der Waals surface area contributed by atoms with Gasteiger partial charge >= 0.3 is 0 Å². The second-order valence-electron chi connectivity index (χ2n) is 2.03. The monoisotopic (exact) mass is 236 g/mol. The van der Waals surface area contributed by atoms with Gasteiger partial charge in [-0.2, -0.15) is 0 Å². The summed E-state index contributed by atoms with van der Waals surface area (Å²) in [4.78, 5) is 0. The summed E-state index contributed by atoms with van der Waals surface area (Å²) in [5.41, 5.74) is 0. The first-order valence-corrected chi connectivity index (χ1v) is 7.96. The summed E-state index contributed by atoms with van der Waals surface area (Å²) in [5.74, 6) is 5.17. The lowest BCUT2D eigenvalue weighted by Crippen LogP contribution is -1.81. The van der Waals surface area contributed by atoms with Crippen LogP contribution in [-0.4, -0.2) is 23.0 Å². The molecule has 0 saturated carbocycles. The molecule has 0 spiro atoms. The SMILES string of the molecule is C1=CSCCS1.C1=CSCCS1. The van der Waals surface area contributed by atoms with E-state index in [1.165, 1.54) is 23.0 Å². The highest BCUT2D eigenvalue weighted by Crippen LogP contribution is 2.17. The Labute approximate surface area is 91.4 Å². The molecule has 0 bridgehead atoms. The van der Waals surface area contributed by atoms with Crippen molar-refractivity contribution in [2.24, 2.45) is 0 Å². The minimum Gasteiger partial charge on any atom is -0.133 e. The van der Waals surface area contributed by atoms with E-state index in [1.54, 1.807) is 0 Å². The van der Waals surface area contributed by atoms with Gasteiger partial charge in [0.1, 0.15) is 0 Å². The lowest BCUT2D eigenvalue weighted by molar-refractivity contribution is 1.56. The maximum absolute atomic E-state index is 2.15. The van der Waals surface area contributed by atoms with Crippen LogP contribution in [0.5, 0.6) is 0 Å². The molecule has 2 rings (SSSR count). The van der Waals surface area contributed by atoms with Gasteiger partial charge in [-0.1, -0.05) is 0 Å². The Morgan fingerprint density at radius 2 is 0.750 bits per heavy atom. The topological polar surface area (TPSA) is 0 Å². The molecule has 0 aromatic rings. The maximum Gasteiger partial charge on any atom is 0.00685 e. The van der Waals surface area contributed by atoms with Crippen LogP contribution in [-0.2, 0) is 0 Å². The standard InChI is InChI=1S/2C4H6S2/c2*1-2-6-4-3-5-1/h2*1-2H,3-4H2. The molecule has 68 valence electrons. The third-order valence-corrected chi connectivity index (χ3v) is 5.07. The molecule has 2 aliphatic heterocycles. The molecule has 4 heteroatoms. The second kappa shape index (κ2) is 8.48. The van der Waals surface area contributed by atoms with Gasteiger partial charge < -0.3 is 0 Å². The fourth-order valence-electron chi connectivity index (χ4n) is 0.622. The molecule has 0 N–H and O–H groups in total. The van der Waals surface area contributed by atoms with E-state index in [9.17, 15) is 0 Å².